The molecule has 0 atom stereocenters. The monoisotopic (exact) mass is 361 g/mol. The lowest BCUT2D eigenvalue weighted by atomic mass is 9.84. The Labute approximate surface area is 151 Å². The molecule has 2 aromatic rings. The number of nitriles is 1. The molecule has 6 heteroatoms. The second kappa shape index (κ2) is 8.29. The summed E-state index contributed by atoms with van der Waals surface area (Å²) in [5, 5.41) is 18.3. The summed E-state index contributed by atoms with van der Waals surface area (Å²) in [7, 11) is 0. The van der Waals surface area contributed by atoms with Crippen LogP contribution in [0, 0.1) is 11.3 Å². The maximum atomic E-state index is 12.2. The van der Waals surface area contributed by atoms with E-state index in [0.29, 0.717) is 15.6 Å². The van der Waals surface area contributed by atoms with Gasteiger partial charge in [-0.25, -0.2) is 0 Å². The van der Waals surface area contributed by atoms with Gasteiger partial charge in [-0.1, -0.05) is 37.6 Å². The number of carbonyl (C=O) groups excluding carboxylic acids is 1. The van der Waals surface area contributed by atoms with E-state index in [2.05, 4.69) is 30.6 Å². The number of hydrogen-bond donors (Lipinski definition) is 2. The lowest BCUT2D eigenvalue weighted by Crippen LogP contribution is -2.45. The Morgan fingerprint density at radius 1 is 1.25 bits per heavy atom. The number of rotatable bonds is 7. The third kappa shape index (κ3) is 4.15. The van der Waals surface area contributed by atoms with Gasteiger partial charge in [-0.3, -0.25) is 10.1 Å². The predicted octanol–water partition coefficient (Wildman–Crippen LogP) is 4.52. The highest BCUT2D eigenvalue weighted by Crippen LogP contribution is 2.29. The summed E-state index contributed by atoms with van der Waals surface area (Å²) in [5.41, 5.74) is 1.32. The summed E-state index contributed by atoms with van der Waals surface area (Å²) in [6.45, 7) is 4.36. The number of halogens is 1. The van der Waals surface area contributed by atoms with Gasteiger partial charge in [-0.05, 0) is 42.0 Å². The van der Waals surface area contributed by atoms with Crippen molar-refractivity contribution >= 4 is 33.8 Å². The highest BCUT2D eigenvalue weighted by molar-refractivity contribution is 7.14. The topological polar surface area (TPSA) is 64.9 Å². The summed E-state index contributed by atoms with van der Waals surface area (Å²) in [6.07, 6.45) is 1.70. The van der Waals surface area contributed by atoms with Gasteiger partial charge in [0.15, 0.2) is 0 Å². The zero-order chi connectivity index (χ0) is 17.6. The average molecular weight is 362 g/mol. The minimum atomic E-state index is -0.282. The molecule has 0 radical (unpaired) electrons. The van der Waals surface area contributed by atoms with Crippen molar-refractivity contribution in [2.24, 2.45) is 0 Å². The second-order valence-corrected chi connectivity index (χ2v) is 6.83. The summed E-state index contributed by atoms with van der Waals surface area (Å²) in [4.78, 5) is 12.2. The van der Waals surface area contributed by atoms with E-state index >= 15 is 0 Å². The minimum Gasteiger partial charge on any atom is -0.315 e. The first-order chi connectivity index (χ1) is 11.5. The standard InChI is InChI=1S/C18H20ClN3OS/c1-3-18(4-2,14-5-7-15(19)8-6-14)21-12-16(23)22-17-13(11-20)9-10-24-17/h5-10,21H,3-4,12H2,1-2H3,(H,22,23). The van der Waals surface area contributed by atoms with Crippen LogP contribution < -0.4 is 10.6 Å². The second-order valence-electron chi connectivity index (χ2n) is 5.47. The SMILES string of the molecule is CCC(CC)(NCC(=O)Nc1sccc1C#N)c1ccc(Cl)cc1. The van der Waals surface area contributed by atoms with E-state index in [4.69, 9.17) is 16.9 Å². The van der Waals surface area contributed by atoms with Crippen molar-refractivity contribution in [1.82, 2.24) is 5.32 Å². The van der Waals surface area contributed by atoms with Gasteiger partial charge in [0.05, 0.1) is 12.1 Å². The molecule has 1 amide bonds. The molecule has 0 aliphatic heterocycles. The van der Waals surface area contributed by atoms with Crippen molar-refractivity contribution in [2.45, 2.75) is 32.2 Å². The maximum absolute atomic E-state index is 12.2. The number of carbonyl (C=O) groups is 1. The quantitative estimate of drug-likeness (QED) is 0.762. The number of amides is 1. The van der Waals surface area contributed by atoms with Crippen molar-refractivity contribution < 1.29 is 4.79 Å². The maximum Gasteiger partial charge on any atom is 0.238 e. The van der Waals surface area contributed by atoms with Crippen molar-refractivity contribution in [3.05, 3.63) is 51.9 Å². The molecular weight excluding hydrogens is 342 g/mol. The normalized spacial score (nSPS) is 11.1. The van der Waals surface area contributed by atoms with E-state index in [1.54, 1.807) is 11.4 Å². The summed E-state index contributed by atoms with van der Waals surface area (Å²) < 4.78 is 0. The molecule has 0 spiro atoms. The van der Waals surface area contributed by atoms with Gasteiger partial charge < -0.3 is 5.32 Å². The third-order valence-corrected chi connectivity index (χ3v) is 5.31. The van der Waals surface area contributed by atoms with Crippen LogP contribution in [0.3, 0.4) is 0 Å². The molecule has 126 valence electrons. The third-order valence-electron chi connectivity index (χ3n) is 4.23. The van der Waals surface area contributed by atoms with E-state index in [1.165, 1.54) is 11.3 Å². The molecule has 0 saturated carbocycles. The van der Waals surface area contributed by atoms with E-state index in [9.17, 15) is 4.79 Å². The van der Waals surface area contributed by atoms with Crippen LogP contribution in [0.1, 0.15) is 37.8 Å². The predicted molar refractivity (Wildman–Crippen MR) is 99.4 cm³/mol. The smallest absolute Gasteiger partial charge is 0.238 e. The molecule has 4 nitrogen and oxygen atoms in total. The van der Waals surface area contributed by atoms with Gasteiger partial charge in [0.2, 0.25) is 5.91 Å². The van der Waals surface area contributed by atoms with Crippen molar-refractivity contribution in [1.29, 1.82) is 5.26 Å². The fraction of sp³-hybridized carbons (Fsp3) is 0.333. The lowest BCUT2D eigenvalue weighted by molar-refractivity contribution is -0.115. The van der Waals surface area contributed by atoms with Crippen LogP contribution in [0.4, 0.5) is 5.00 Å². The number of anilines is 1. The van der Waals surface area contributed by atoms with Crippen LogP contribution in [0.2, 0.25) is 5.02 Å². The number of nitrogens with zero attached hydrogens (tertiary/aromatic N) is 1. The van der Waals surface area contributed by atoms with Crippen LogP contribution >= 0.6 is 22.9 Å². The van der Waals surface area contributed by atoms with Crippen molar-refractivity contribution in [2.75, 3.05) is 11.9 Å². The number of thiophene rings is 1. The van der Waals surface area contributed by atoms with Crippen molar-refractivity contribution in [3.8, 4) is 6.07 Å². The molecule has 1 aromatic heterocycles. The van der Waals surface area contributed by atoms with Crippen molar-refractivity contribution in [3.63, 3.8) is 0 Å². The molecule has 0 aliphatic rings. The van der Waals surface area contributed by atoms with Crippen LogP contribution in [0.15, 0.2) is 35.7 Å². The molecule has 0 fully saturated rings. The first-order valence-corrected chi connectivity index (χ1v) is 9.09. The first kappa shape index (κ1) is 18.5. The Hall–Kier alpha value is -1.87. The molecule has 0 bridgehead atoms. The molecule has 1 aromatic carbocycles. The van der Waals surface area contributed by atoms with Gasteiger partial charge in [0.25, 0.3) is 0 Å². The van der Waals surface area contributed by atoms with E-state index < -0.39 is 0 Å². The Kier molecular flexibility index (Phi) is 6.38. The van der Waals surface area contributed by atoms with Crippen LogP contribution in [-0.2, 0) is 10.3 Å². The summed E-state index contributed by atoms with van der Waals surface area (Å²) >= 11 is 7.32. The molecule has 0 aliphatic carbocycles. The van der Waals surface area contributed by atoms with E-state index in [1.807, 2.05) is 24.3 Å². The first-order valence-electron chi connectivity index (χ1n) is 7.83. The molecular formula is C18H20ClN3OS. The van der Waals surface area contributed by atoms with Crippen LogP contribution in [-0.4, -0.2) is 12.5 Å². The van der Waals surface area contributed by atoms with Gasteiger partial charge in [-0.15, -0.1) is 11.3 Å². The van der Waals surface area contributed by atoms with Gasteiger partial charge in [0, 0.05) is 10.6 Å². The minimum absolute atomic E-state index is 0.158. The fourth-order valence-electron chi connectivity index (χ4n) is 2.69. The highest BCUT2D eigenvalue weighted by Gasteiger charge is 2.28. The number of hydrogen-bond acceptors (Lipinski definition) is 4. The Bertz CT molecular complexity index is 729. The van der Waals surface area contributed by atoms with E-state index in [-0.39, 0.29) is 18.0 Å². The molecule has 2 N–H and O–H groups in total. The van der Waals surface area contributed by atoms with Crippen LogP contribution in [0.5, 0.6) is 0 Å². The Morgan fingerprint density at radius 3 is 2.50 bits per heavy atom. The van der Waals surface area contributed by atoms with Gasteiger partial charge in [-0.2, -0.15) is 5.26 Å². The van der Waals surface area contributed by atoms with E-state index in [0.717, 1.165) is 18.4 Å². The lowest BCUT2D eigenvalue weighted by Gasteiger charge is -2.33. The zero-order valence-electron chi connectivity index (χ0n) is 13.7. The largest absolute Gasteiger partial charge is 0.315 e. The molecule has 0 saturated heterocycles. The molecule has 1 heterocycles. The van der Waals surface area contributed by atoms with Crippen LogP contribution in [0.25, 0.3) is 0 Å². The fourth-order valence-corrected chi connectivity index (χ4v) is 3.57. The number of benzene rings is 1. The van der Waals surface area contributed by atoms with Gasteiger partial charge >= 0.3 is 0 Å². The molecule has 24 heavy (non-hydrogen) atoms. The molecule has 2 rings (SSSR count). The summed E-state index contributed by atoms with van der Waals surface area (Å²) in [6, 6.07) is 11.5. The summed E-state index contributed by atoms with van der Waals surface area (Å²) in [5.74, 6) is -0.158. The Morgan fingerprint density at radius 2 is 1.92 bits per heavy atom. The zero-order valence-corrected chi connectivity index (χ0v) is 15.3. The highest BCUT2D eigenvalue weighted by atomic mass is 35.5. The Balaban J connectivity index is 2.07. The number of nitrogens with one attached hydrogen (secondary N) is 2. The van der Waals surface area contributed by atoms with Gasteiger partial charge in [0.1, 0.15) is 11.1 Å². The molecule has 0 unspecified atom stereocenters. The average Bonchev–Trinajstić information content (AvgIpc) is 3.04.